The van der Waals surface area contributed by atoms with E-state index in [-0.39, 0.29) is 35.7 Å². The number of phenolic OH excluding ortho intramolecular Hbond substituents is 1. The van der Waals surface area contributed by atoms with Gasteiger partial charge in [-0.25, -0.2) is 0 Å². The van der Waals surface area contributed by atoms with E-state index in [1.54, 1.807) is 18.2 Å². The lowest BCUT2D eigenvalue weighted by Crippen LogP contribution is -2.35. The normalized spacial score (nSPS) is 14.4. The Balaban J connectivity index is 1.43. The highest BCUT2D eigenvalue weighted by Crippen LogP contribution is 2.33. The molecule has 7 nitrogen and oxygen atoms in total. The maximum absolute atomic E-state index is 12.7. The second-order valence-corrected chi connectivity index (χ2v) is 12.5. The third kappa shape index (κ3) is 12.0. The third-order valence-corrected chi connectivity index (χ3v) is 8.66. The molecule has 254 valence electrons. The van der Waals surface area contributed by atoms with Crippen molar-refractivity contribution >= 4 is 17.6 Å². The topological polar surface area (TPSA) is 122 Å². The van der Waals surface area contributed by atoms with Crippen LogP contribution in [0.3, 0.4) is 0 Å². The maximum Gasteiger partial charge on any atom is 0.186 e. The average molecular weight is 651 g/mol. The van der Waals surface area contributed by atoms with Gasteiger partial charge in [0, 0.05) is 12.6 Å². The number of dihydropyridines is 1. The van der Waals surface area contributed by atoms with Crippen LogP contribution < -0.4 is 15.8 Å². The van der Waals surface area contributed by atoms with Gasteiger partial charge in [0.2, 0.25) is 0 Å². The first-order chi connectivity index (χ1) is 23.3. The van der Waals surface area contributed by atoms with Crippen LogP contribution in [0.2, 0.25) is 0 Å². The van der Waals surface area contributed by atoms with Gasteiger partial charge in [0.25, 0.3) is 0 Å². The van der Waals surface area contributed by atoms with Gasteiger partial charge in [0.05, 0.1) is 12.6 Å². The molecule has 3 aromatic carbocycles. The van der Waals surface area contributed by atoms with Gasteiger partial charge in [0.15, 0.2) is 24.1 Å². The zero-order valence-corrected chi connectivity index (χ0v) is 28.1. The molecule has 3 aromatic rings. The average Bonchev–Trinajstić information content (AvgIpc) is 3.08. The minimum absolute atomic E-state index is 0.0531. The number of aryl methyl sites for hydroxylation is 3. The quantitative estimate of drug-likeness (QED) is 0.0439. The van der Waals surface area contributed by atoms with Gasteiger partial charge in [-0.05, 0) is 102 Å². The van der Waals surface area contributed by atoms with Crippen molar-refractivity contribution in [3.8, 4) is 11.5 Å². The summed E-state index contributed by atoms with van der Waals surface area (Å²) in [5, 5.41) is 23.2. The van der Waals surface area contributed by atoms with Crippen molar-refractivity contribution in [1.29, 1.82) is 0 Å². The molecule has 0 fully saturated rings. The van der Waals surface area contributed by atoms with Crippen molar-refractivity contribution in [1.82, 2.24) is 5.32 Å². The predicted molar refractivity (Wildman–Crippen MR) is 192 cm³/mol. The molecule has 48 heavy (non-hydrogen) atoms. The summed E-state index contributed by atoms with van der Waals surface area (Å²) in [7, 11) is 0. The van der Waals surface area contributed by atoms with Gasteiger partial charge in [0.1, 0.15) is 5.78 Å². The standard InChI is InChI=1S/C41H50N2O5/c1-2-3-4-5-9-15-37(45)27-38(46)21-20-33-25-40(48-29-44)39(47)24-35(33)23-36-28-43-41(42)26-34(36)19-18-32-14-10-13-31(22-32)17-16-30-11-7-6-8-12-30/h6-8,10-14,20-22,24-26,28,41,43-44,47H,2-5,9,15-19,23,27,29,42H2,1H3. The zero-order chi connectivity index (χ0) is 34.1. The lowest BCUT2D eigenvalue weighted by Gasteiger charge is -2.23. The number of Topliss-reactive ketones (excluding diaryl/α,β-unsaturated/α-hetero) is 1. The van der Waals surface area contributed by atoms with Crippen LogP contribution in [0, 0.1) is 0 Å². The fourth-order valence-electron chi connectivity index (χ4n) is 6.00. The van der Waals surface area contributed by atoms with Crippen LogP contribution in [-0.2, 0) is 35.3 Å². The lowest BCUT2D eigenvalue weighted by molar-refractivity contribution is -0.124. The summed E-state index contributed by atoms with van der Waals surface area (Å²) in [6, 6.07) is 22.5. The molecule has 0 aromatic heterocycles. The molecule has 1 aliphatic heterocycles. The molecule has 1 aliphatic rings. The van der Waals surface area contributed by atoms with Gasteiger partial charge in [-0.3, -0.25) is 9.59 Å². The smallest absolute Gasteiger partial charge is 0.186 e. The number of allylic oxidation sites excluding steroid dienone is 3. The van der Waals surface area contributed by atoms with E-state index in [1.807, 2.05) is 18.3 Å². The Morgan fingerprint density at radius 2 is 1.58 bits per heavy atom. The number of rotatable bonds is 20. The molecule has 0 bridgehead atoms. The first kappa shape index (κ1) is 36.4. The van der Waals surface area contributed by atoms with Gasteiger partial charge in [-0.15, -0.1) is 0 Å². The van der Waals surface area contributed by atoms with Gasteiger partial charge in [-0.2, -0.15) is 0 Å². The number of unbranched alkanes of at least 4 members (excludes halogenated alkanes) is 4. The van der Waals surface area contributed by atoms with Gasteiger partial charge < -0.3 is 26.0 Å². The van der Waals surface area contributed by atoms with Crippen molar-refractivity contribution in [2.24, 2.45) is 5.73 Å². The van der Waals surface area contributed by atoms with E-state index in [4.69, 9.17) is 10.5 Å². The monoisotopic (exact) mass is 650 g/mol. The Morgan fingerprint density at radius 3 is 2.33 bits per heavy atom. The number of aromatic hydroxyl groups is 1. The van der Waals surface area contributed by atoms with E-state index < -0.39 is 6.79 Å². The summed E-state index contributed by atoms with van der Waals surface area (Å²) in [5.74, 6) is -0.326. The first-order valence-electron chi connectivity index (χ1n) is 17.2. The molecule has 0 aliphatic carbocycles. The van der Waals surface area contributed by atoms with Crippen molar-refractivity contribution in [3.05, 3.63) is 124 Å². The number of nitrogens with one attached hydrogen (secondary N) is 1. The largest absolute Gasteiger partial charge is 0.504 e. The molecule has 7 heteroatoms. The highest BCUT2D eigenvalue weighted by Gasteiger charge is 2.17. The number of benzene rings is 3. The predicted octanol–water partition coefficient (Wildman–Crippen LogP) is 7.28. The fourth-order valence-corrected chi connectivity index (χ4v) is 6.00. The SMILES string of the molecule is CCCCCCCC(=O)CC(=O)C=Cc1cc(OCO)c(O)cc1CC1=CNC(N)C=C1CCc1cccc(CCc2ccccc2)c1. The van der Waals surface area contributed by atoms with Crippen LogP contribution in [0.5, 0.6) is 11.5 Å². The number of ether oxygens (including phenoxy) is 1. The number of phenols is 1. The third-order valence-electron chi connectivity index (χ3n) is 8.66. The minimum atomic E-state index is -0.602. The molecule has 5 N–H and O–H groups in total. The van der Waals surface area contributed by atoms with Crippen molar-refractivity contribution < 1.29 is 24.5 Å². The first-order valence-corrected chi connectivity index (χ1v) is 17.2. The molecule has 0 amide bonds. The number of aliphatic hydroxyl groups excluding tert-OH is 1. The molecule has 4 rings (SSSR count). The maximum atomic E-state index is 12.7. The number of nitrogens with two attached hydrogens (primary N) is 1. The molecule has 0 saturated carbocycles. The van der Waals surface area contributed by atoms with Crippen molar-refractivity contribution in [2.75, 3.05) is 6.79 Å². The van der Waals surface area contributed by atoms with Crippen LogP contribution in [-0.4, -0.2) is 34.7 Å². The lowest BCUT2D eigenvalue weighted by atomic mass is 9.89. The number of ketones is 2. The number of hydrogen-bond donors (Lipinski definition) is 4. The van der Waals surface area contributed by atoms with Gasteiger partial charge >= 0.3 is 0 Å². The summed E-state index contributed by atoms with van der Waals surface area (Å²) in [6.07, 6.45) is 16.3. The molecule has 0 radical (unpaired) electrons. The number of carbonyl (C=O) groups excluding carboxylic acids is 2. The van der Waals surface area contributed by atoms with Crippen molar-refractivity contribution in [2.45, 2.75) is 90.1 Å². The highest BCUT2D eigenvalue weighted by molar-refractivity contribution is 6.06. The molecular weight excluding hydrogens is 600 g/mol. The van der Waals surface area contributed by atoms with E-state index in [0.717, 1.165) is 74.5 Å². The summed E-state index contributed by atoms with van der Waals surface area (Å²) in [5.41, 5.74) is 13.7. The molecule has 1 atom stereocenters. The second kappa shape index (κ2) is 19.4. The minimum Gasteiger partial charge on any atom is -0.504 e. The zero-order valence-electron chi connectivity index (χ0n) is 28.1. The number of aliphatic hydroxyl groups is 1. The van der Waals surface area contributed by atoms with Gasteiger partial charge in [-0.1, -0.05) is 93.3 Å². The van der Waals surface area contributed by atoms with Crippen LogP contribution in [0.15, 0.2) is 96.2 Å². The van der Waals surface area contributed by atoms with E-state index in [0.29, 0.717) is 18.4 Å². The van der Waals surface area contributed by atoms with E-state index in [2.05, 4.69) is 60.8 Å². The number of hydrogen-bond acceptors (Lipinski definition) is 7. The van der Waals surface area contributed by atoms with E-state index >= 15 is 0 Å². The Labute approximate surface area is 285 Å². The summed E-state index contributed by atoms with van der Waals surface area (Å²) < 4.78 is 5.22. The van der Waals surface area contributed by atoms with Crippen LogP contribution in [0.25, 0.3) is 6.08 Å². The molecular formula is C41H50N2O5. The Kier molecular flexibility index (Phi) is 14.7. The molecule has 0 saturated heterocycles. The Bertz CT molecular complexity index is 1590. The summed E-state index contributed by atoms with van der Waals surface area (Å²) in [6.45, 7) is 1.55. The fraction of sp³-hybridized carbons (Fsp3) is 0.366. The van der Waals surface area contributed by atoms with Crippen LogP contribution in [0.4, 0.5) is 0 Å². The van der Waals surface area contributed by atoms with Crippen LogP contribution in [0.1, 0.15) is 86.1 Å². The van der Waals surface area contributed by atoms with E-state index in [1.165, 1.54) is 22.8 Å². The molecule has 1 heterocycles. The van der Waals surface area contributed by atoms with Crippen molar-refractivity contribution in [3.63, 3.8) is 0 Å². The molecule has 0 spiro atoms. The summed E-state index contributed by atoms with van der Waals surface area (Å²) in [4.78, 5) is 25.1. The van der Waals surface area contributed by atoms with E-state index in [9.17, 15) is 19.8 Å². The summed E-state index contributed by atoms with van der Waals surface area (Å²) >= 11 is 0. The Hall–Kier alpha value is -4.46. The number of carbonyl (C=O) groups is 2. The second-order valence-electron chi connectivity index (χ2n) is 12.5. The van der Waals surface area contributed by atoms with Crippen LogP contribution >= 0.6 is 0 Å². The Morgan fingerprint density at radius 1 is 0.875 bits per heavy atom. The highest BCUT2D eigenvalue weighted by atomic mass is 16.6. The molecule has 1 unspecified atom stereocenters.